The van der Waals surface area contributed by atoms with E-state index in [0.717, 1.165) is 65.4 Å². The van der Waals surface area contributed by atoms with E-state index >= 15 is 0 Å². The number of nitrogens with two attached hydrogens (primary N) is 1. The topological polar surface area (TPSA) is 77.2 Å². The number of hydrogen-bond acceptors (Lipinski definition) is 6. The van der Waals surface area contributed by atoms with Gasteiger partial charge >= 0.3 is 6.01 Å². The highest BCUT2D eigenvalue weighted by Gasteiger charge is 2.46. The molecule has 3 heterocycles. The molecular weight excluding hydrogens is 405 g/mol. The Morgan fingerprint density at radius 1 is 1.22 bits per heavy atom. The summed E-state index contributed by atoms with van der Waals surface area (Å²) in [5.41, 5.74) is 12.1. The summed E-state index contributed by atoms with van der Waals surface area (Å²) in [6, 6.07) is 7.60. The van der Waals surface area contributed by atoms with Crippen LogP contribution in [0, 0.1) is 24.6 Å². The van der Waals surface area contributed by atoms with Crippen molar-refractivity contribution in [2.45, 2.75) is 39.2 Å². The average Bonchev–Trinajstić information content (AvgIpc) is 3.31. The fraction of sp³-hybridized carbons (Fsp3) is 0.400. The number of aryl methyl sites for hydroxylation is 2. The van der Waals surface area contributed by atoms with Crippen molar-refractivity contribution in [2.75, 3.05) is 18.0 Å². The van der Waals surface area contributed by atoms with Crippen LogP contribution < -0.4 is 15.4 Å². The van der Waals surface area contributed by atoms with Crippen molar-refractivity contribution >= 4 is 5.82 Å². The first-order valence-electron chi connectivity index (χ1n) is 11.3. The molecule has 1 saturated heterocycles. The molecule has 0 spiro atoms. The van der Waals surface area contributed by atoms with Gasteiger partial charge in [-0.05, 0) is 72.6 Å². The number of anilines is 1. The molecule has 6 nitrogen and oxygen atoms in total. The van der Waals surface area contributed by atoms with E-state index in [-0.39, 0.29) is 11.9 Å². The molecule has 3 aliphatic rings. The van der Waals surface area contributed by atoms with Gasteiger partial charge in [0.05, 0.1) is 11.9 Å². The lowest BCUT2D eigenvalue weighted by molar-refractivity contribution is 0.194. The van der Waals surface area contributed by atoms with E-state index in [1.54, 1.807) is 18.3 Å². The molecule has 3 atom stereocenters. The molecule has 2 N–H and O–H groups in total. The SMILES string of the molecule is CCc1cc(F)cc2c1Cc1nc(Oc3ccc(C)nc3)nc(N3CC4CC(N)C4C3)c1-2. The van der Waals surface area contributed by atoms with Crippen LogP contribution in [0.5, 0.6) is 11.8 Å². The maximum absolute atomic E-state index is 14.5. The quantitative estimate of drug-likeness (QED) is 0.526. The van der Waals surface area contributed by atoms with Gasteiger partial charge in [0.1, 0.15) is 17.4 Å². The number of fused-ring (bicyclic) bond motifs is 4. The zero-order valence-corrected chi connectivity index (χ0v) is 18.3. The first-order chi connectivity index (χ1) is 15.5. The van der Waals surface area contributed by atoms with E-state index in [9.17, 15) is 4.39 Å². The number of ether oxygens (including phenoxy) is 1. The van der Waals surface area contributed by atoms with Gasteiger partial charge in [0.2, 0.25) is 0 Å². The van der Waals surface area contributed by atoms with Gasteiger partial charge in [-0.1, -0.05) is 6.92 Å². The van der Waals surface area contributed by atoms with Crippen LogP contribution in [0.3, 0.4) is 0 Å². The second-order valence-electron chi connectivity index (χ2n) is 9.24. The molecule has 2 aromatic heterocycles. The third kappa shape index (κ3) is 3.06. The third-order valence-electron chi connectivity index (χ3n) is 7.26. The summed E-state index contributed by atoms with van der Waals surface area (Å²) in [5, 5.41) is 0. The van der Waals surface area contributed by atoms with Crippen molar-refractivity contribution in [1.29, 1.82) is 0 Å². The van der Waals surface area contributed by atoms with Crippen LogP contribution in [0.2, 0.25) is 0 Å². The molecule has 0 amide bonds. The molecule has 1 aromatic carbocycles. The number of halogens is 1. The predicted molar refractivity (Wildman–Crippen MR) is 120 cm³/mol. The Morgan fingerprint density at radius 2 is 2.09 bits per heavy atom. The van der Waals surface area contributed by atoms with E-state index in [4.69, 9.17) is 20.4 Å². The molecule has 1 saturated carbocycles. The van der Waals surface area contributed by atoms with Gasteiger partial charge < -0.3 is 15.4 Å². The van der Waals surface area contributed by atoms with E-state index in [1.807, 2.05) is 19.1 Å². The monoisotopic (exact) mass is 431 g/mol. The molecular formula is C25H26FN5O. The van der Waals surface area contributed by atoms with E-state index in [2.05, 4.69) is 16.8 Å². The molecule has 2 aliphatic carbocycles. The molecule has 2 fully saturated rings. The summed E-state index contributed by atoms with van der Waals surface area (Å²) in [6.07, 6.45) is 4.17. The highest BCUT2D eigenvalue weighted by molar-refractivity contribution is 5.85. The van der Waals surface area contributed by atoms with Gasteiger partial charge in [0, 0.05) is 36.8 Å². The Bertz CT molecular complexity index is 1210. The zero-order chi connectivity index (χ0) is 22.0. The lowest BCUT2D eigenvalue weighted by Gasteiger charge is -2.36. The van der Waals surface area contributed by atoms with E-state index < -0.39 is 0 Å². The largest absolute Gasteiger partial charge is 0.423 e. The number of nitrogens with zero attached hydrogens (tertiary/aromatic N) is 4. The van der Waals surface area contributed by atoms with Crippen molar-refractivity contribution in [3.8, 4) is 22.9 Å². The molecule has 0 radical (unpaired) electrons. The zero-order valence-electron chi connectivity index (χ0n) is 18.3. The molecule has 32 heavy (non-hydrogen) atoms. The summed E-state index contributed by atoms with van der Waals surface area (Å²) < 4.78 is 20.5. The number of rotatable bonds is 4. The minimum atomic E-state index is -0.214. The van der Waals surface area contributed by atoms with Gasteiger partial charge in [-0.2, -0.15) is 9.97 Å². The second-order valence-corrected chi connectivity index (χ2v) is 9.24. The van der Waals surface area contributed by atoms with Crippen LogP contribution in [0.1, 0.15) is 35.9 Å². The molecule has 3 aromatic rings. The van der Waals surface area contributed by atoms with Crippen LogP contribution in [0.4, 0.5) is 10.2 Å². The molecule has 7 heteroatoms. The summed E-state index contributed by atoms with van der Waals surface area (Å²) >= 11 is 0. The van der Waals surface area contributed by atoms with Crippen LogP contribution >= 0.6 is 0 Å². The maximum atomic E-state index is 14.5. The summed E-state index contributed by atoms with van der Waals surface area (Å²) in [7, 11) is 0. The lowest BCUT2D eigenvalue weighted by atomic mass is 9.72. The highest BCUT2D eigenvalue weighted by atomic mass is 19.1. The Balaban J connectivity index is 1.46. The van der Waals surface area contributed by atoms with Crippen molar-refractivity contribution in [3.05, 3.63) is 58.8 Å². The summed E-state index contributed by atoms with van der Waals surface area (Å²) in [6.45, 7) is 5.77. The van der Waals surface area contributed by atoms with Crippen LogP contribution in [-0.4, -0.2) is 34.1 Å². The highest BCUT2D eigenvalue weighted by Crippen LogP contribution is 2.48. The average molecular weight is 432 g/mol. The standard InChI is InChI=1S/C25H26FN5O/c1-3-14-6-16(26)8-19-18(14)9-22-23(19)24(31-11-15-7-21(27)20(15)12-31)30-25(29-22)32-17-5-4-13(2)28-10-17/h4-6,8,10,15,20-21H,3,7,9,11-12,27H2,1-2H3. The fourth-order valence-corrected chi connectivity index (χ4v) is 5.51. The van der Waals surface area contributed by atoms with Crippen molar-refractivity contribution < 1.29 is 9.13 Å². The molecule has 0 bridgehead atoms. The van der Waals surface area contributed by atoms with Gasteiger partial charge in [0.25, 0.3) is 0 Å². The second kappa shape index (κ2) is 7.24. The molecule has 3 unspecified atom stereocenters. The van der Waals surface area contributed by atoms with Crippen LogP contribution in [-0.2, 0) is 12.8 Å². The van der Waals surface area contributed by atoms with Gasteiger partial charge in [-0.25, -0.2) is 4.39 Å². The number of aromatic nitrogens is 3. The van der Waals surface area contributed by atoms with Crippen molar-refractivity contribution in [1.82, 2.24) is 15.0 Å². The van der Waals surface area contributed by atoms with E-state index in [1.165, 1.54) is 0 Å². The Hall–Kier alpha value is -3.06. The lowest BCUT2D eigenvalue weighted by Crippen LogP contribution is -2.46. The third-order valence-corrected chi connectivity index (χ3v) is 7.26. The molecule has 1 aliphatic heterocycles. The predicted octanol–water partition coefficient (Wildman–Crippen LogP) is 4.03. The number of pyridine rings is 1. The molecule has 164 valence electrons. The summed E-state index contributed by atoms with van der Waals surface area (Å²) in [4.78, 5) is 16.2. The smallest absolute Gasteiger partial charge is 0.324 e. The van der Waals surface area contributed by atoms with Gasteiger partial charge in [-0.15, -0.1) is 0 Å². The van der Waals surface area contributed by atoms with Crippen molar-refractivity contribution in [3.63, 3.8) is 0 Å². The van der Waals surface area contributed by atoms with Crippen LogP contribution in [0.25, 0.3) is 11.1 Å². The minimum Gasteiger partial charge on any atom is -0.423 e. The first kappa shape index (κ1) is 19.6. The summed E-state index contributed by atoms with van der Waals surface area (Å²) in [5.74, 6) is 2.31. The Morgan fingerprint density at radius 3 is 2.81 bits per heavy atom. The minimum absolute atomic E-state index is 0.214. The maximum Gasteiger partial charge on any atom is 0.324 e. The van der Waals surface area contributed by atoms with Gasteiger partial charge in [0.15, 0.2) is 0 Å². The number of benzene rings is 1. The Kier molecular flexibility index (Phi) is 4.43. The first-order valence-corrected chi connectivity index (χ1v) is 11.3. The fourth-order valence-electron chi connectivity index (χ4n) is 5.51. The van der Waals surface area contributed by atoms with Crippen molar-refractivity contribution in [2.24, 2.45) is 17.6 Å². The Labute approximate surface area is 186 Å². The van der Waals surface area contributed by atoms with Crippen LogP contribution in [0.15, 0.2) is 30.5 Å². The molecule has 6 rings (SSSR count). The van der Waals surface area contributed by atoms with Gasteiger partial charge in [-0.3, -0.25) is 4.98 Å². The normalized spacial score (nSPS) is 22.9. The number of hydrogen-bond donors (Lipinski definition) is 1. The van der Waals surface area contributed by atoms with E-state index in [0.29, 0.717) is 30.0 Å².